The molecular weight excluding hydrogens is 516 g/mol. The van der Waals surface area contributed by atoms with Gasteiger partial charge in [0.05, 0.1) is 35.9 Å². The van der Waals surface area contributed by atoms with Crippen molar-refractivity contribution in [2.24, 2.45) is 11.8 Å². The van der Waals surface area contributed by atoms with E-state index in [0.29, 0.717) is 0 Å². The average molecular weight is 543 g/mol. The molecule has 2 aromatic rings. The predicted molar refractivity (Wildman–Crippen MR) is 132 cm³/mol. The summed E-state index contributed by atoms with van der Waals surface area (Å²) in [6.07, 6.45) is 3.14. The zero-order valence-corrected chi connectivity index (χ0v) is 20.7. The molecule has 1 aromatic carbocycles. The zero-order valence-electron chi connectivity index (χ0n) is 20.7. The summed E-state index contributed by atoms with van der Waals surface area (Å²) >= 11 is 0. The second-order valence-electron chi connectivity index (χ2n) is 8.95. The highest BCUT2D eigenvalue weighted by molar-refractivity contribution is 5.84. The first-order chi connectivity index (χ1) is 18.4. The molecule has 0 spiro atoms. The standard InChI is InChI=1S/C25H26N4O10/c1-13-21(16(24(34)35)10-19(30)31)22(14-3-2-4-15(9-14)29(38)39)23(17(25(36)37)11-20(32)33)18(27-13)5-7-28-8-6-26-12-28/h2-4,6,8-9,12,16-17,22,27H,5,7,10-11H2,1H3,(H,30,31)(H,32,33)(H,34,35)(H,36,37). The summed E-state index contributed by atoms with van der Waals surface area (Å²) in [7, 11) is 0. The number of carboxylic acids is 4. The van der Waals surface area contributed by atoms with Crippen LogP contribution < -0.4 is 5.32 Å². The first kappa shape index (κ1) is 28.6. The molecule has 0 amide bonds. The van der Waals surface area contributed by atoms with Crippen molar-refractivity contribution in [1.29, 1.82) is 0 Å². The third-order valence-corrected chi connectivity index (χ3v) is 6.44. The summed E-state index contributed by atoms with van der Waals surface area (Å²) < 4.78 is 1.70. The number of non-ortho nitro benzene ring substituents is 1. The number of hydrogen-bond acceptors (Lipinski definition) is 8. The maximum absolute atomic E-state index is 12.5. The molecule has 0 radical (unpaired) electrons. The van der Waals surface area contributed by atoms with Gasteiger partial charge in [0.2, 0.25) is 0 Å². The SMILES string of the molecule is CC1=C(C(CC(=O)O)C(=O)O)C(c2cccc([N+](=O)[O-])c2)C(C(CC(=O)O)C(=O)O)=C(CCn2ccnc2)N1. The van der Waals surface area contributed by atoms with Crippen LogP contribution in [0.2, 0.25) is 0 Å². The van der Waals surface area contributed by atoms with E-state index in [1.165, 1.54) is 37.6 Å². The fourth-order valence-electron chi connectivity index (χ4n) is 4.86. The van der Waals surface area contributed by atoms with Gasteiger partial charge in [-0.3, -0.25) is 29.3 Å². The van der Waals surface area contributed by atoms with Crippen LogP contribution in [0.15, 0.2) is 65.5 Å². The Hall–Kier alpha value is -5.01. The largest absolute Gasteiger partial charge is 0.481 e. The Balaban J connectivity index is 2.34. The number of nitrogens with one attached hydrogen (secondary N) is 1. The smallest absolute Gasteiger partial charge is 0.311 e. The number of benzene rings is 1. The topological polar surface area (TPSA) is 222 Å². The average Bonchev–Trinajstić information content (AvgIpc) is 3.38. The molecule has 0 saturated carbocycles. The second-order valence-corrected chi connectivity index (χ2v) is 8.95. The van der Waals surface area contributed by atoms with Gasteiger partial charge in [-0.25, -0.2) is 4.98 Å². The van der Waals surface area contributed by atoms with Gasteiger partial charge in [0.15, 0.2) is 0 Å². The van der Waals surface area contributed by atoms with Gasteiger partial charge >= 0.3 is 23.9 Å². The molecule has 0 fully saturated rings. The van der Waals surface area contributed by atoms with Crippen molar-refractivity contribution in [1.82, 2.24) is 14.9 Å². The highest BCUT2D eigenvalue weighted by Gasteiger charge is 2.43. The fraction of sp³-hybridized carbons (Fsp3) is 0.320. The number of dihydropyridines is 1. The van der Waals surface area contributed by atoms with Gasteiger partial charge in [0.1, 0.15) is 0 Å². The number of aryl methyl sites for hydroxylation is 1. The lowest BCUT2D eigenvalue weighted by atomic mass is 9.69. The lowest BCUT2D eigenvalue weighted by Gasteiger charge is -2.38. The number of hydrogen-bond donors (Lipinski definition) is 5. The molecule has 0 bridgehead atoms. The van der Waals surface area contributed by atoms with E-state index in [1.54, 1.807) is 10.8 Å². The maximum Gasteiger partial charge on any atom is 0.311 e. The van der Waals surface area contributed by atoms with E-state index in [0.717, 1.165) is 6.07 Å². The molecule has 3 atom stereocenters. The second kappa shape index (κ2) is 12.0. The van der Waals surface area contributed by atoms with E-state index in [2.05, 4.69) is 10.3 Å². The van der Waals surface area contributed by atoms with Crippen LogP contribution in [0.4, 0.5) is 5.69 Å². The fourth-order valence-corrected chi connectivity index (χ4v) is 4.86. The van der Waals surface area contributed by atoms with Gasteiger partial charge in [-0.05, 0) is 23.6 Å². The van der Waals surface area contributed by atoms with Crippen LogP contribution in [0.1, 0.15) is 37.7 Å². The van der Waals surface area contributed by atoms with E-state index in [4.69, 9.17) is 0 Å². The number of nitro benzene ring substituents is 1. The summed E-state index contributed by atoms with van der Waals surface area (Å²) in [5, 5.41) is 53.7. The third kappa shape index (κ3) is 6.66. The number of aromatic nitrogens is 2. The molecule has 1 aliphatic heterocycles. The minimum Gasteiger partial charge on any atom is -0.481 e. The van der Waals surface area contributed by atoms with E-state index in [-0.39, 0.29) is 46.8 Å². The van der Waals surface area contributed by atoms with Gasteiger partial charge in [-0.15, -0.1) is 0 Å². The normalized spacial score (nSPS) is 16.8. The molecule has 3 unspecified atom stereocenters. The van der Waals surface area contributed by atoms with Crippen LogP contribution in [-0.2, 0) is 25.7 Å². The Kier molecular flexibility index (Phi) is 8.80. The molecule has 1 aliphatic rings. The molecule has 2 heterocycles. The Bertz CT molecular complexity index is 1360. The van der Waals surface area contributed by atoms with Crippen LogP contribution in [0, 0.1) is 22.0 Å². The predicted octanol–water partition coefficient (Wildman–Crippen LogP) is 2.45. The van der Waals surface area contributed by atoms with Crippen molar-refractivity contribution in [3.05, 3.63) is 81.2 Å². The van der Waals surface area contributed by atoms with Crippen molar-refractivity contribution >= 4 is 29.6 Å². The summed E-state index contributed by atoms with van der Waals surface area (Å²) in [6.45, 7) is 1.78. The Labute approximate surface area is 221 Å². The van der Waals surface area contributed by atoms with Gasteiger partial charge in [0.25, 0.3) is 5.69 Å². The zero-order chi connectivity index (χ0) is 28.9. The van der Waals surface area contributed by atoms with Crippen molar-refractivity contribution in [2.75, 3.05) is 0 Å². The van der Waals surface area contributed by atoms with Crippen LogP contribution >= 0.6 is 0 Å². The number of imidazole rings is 1. The van der Waals surface area contributed by atoms with E-state index >= 15 is 0 Å². The number of aliphatic carboxylic acids is 4. The first-order valence-corrected chi connectivity index (χ1v) is 11.7. The van der Waals surface area contributed by atoms with Crippen molar-refractivity contribution in [2.45, 2.75) is 38.6 Å². The lowest BCUT2D eigenvalue weighted by molar-refractivity contribution is -0.384. The minimum absolute atomic E-state index is 0.0113. The number of carbonyl (C=O) groups is 4. The number of nitro groups is 1. The quantitative estimate of drug-likeness (QED) is 0.182. The molecule has 5 N–H and O–H groups in total. The molecule has 3 rings (SSSR count). The van der Waals surface area contributed by atoms with Crippen LogP contribution in [0.3, 0.4) is 0 Å². The van der Waals surface area contributed by atoms with Gasteiger partial charge in [-0.1, -0.05) is 12.1 Å². The number of nitrogens with zero attached hydrogens (tertiary/aromatic N) is 3. The summed E-state index contributed by atoms with van der Waals surface area (Å²) in [6, 6.07) is 5.12. The van der Waals surface area contributed by atoms with Crippen LogP contribution in [0.25, 0.3) is 0 Å². The molecule has 0 aliphatic carbocycles. The first-order valence-electron chi connectivity index (χ1n) is 11.7. The molecule has 14 nitrogen and oxygen atoms in total. The van der Waals surface area contributed by atoms with E-state index in [1.807, 2.05) is 0 Å². The number of allylic oxidation sites excluding steroid dienone is 2. The van der Waals surface area contributed by atoms with Gasteiger partial charge in [0, 0.05) is 54.8 Å². The molecule has 39 heavy (non-hydrogen) atoms. The number of carboxylic acid groups (broad SMARTS) is 4. The summed E-state index contributed by atoms with van der Waals surface area (Å²) in [5.41, 5.74) is 0.241. The Morgan fingerprint density at radius 2 is 1.67 bits per heavy atom. The summed E-state index contributed by atoms with van der Waals surface area (Å²) in [4.78, 5) is 63.0. The molecule has 14 heteroatoms. The highest BCUT2D eigenvalue weighted by atomic mass is 16.6. The minimum atomic E-state index is -1.67. The Morgan fingerprint density at radius 1 is 1.05 bits per heavy atom. The molecule has 1 aromatic heterocycles. The maximum atomic E-state index is 12.5. The van der Waals surface area contributed by atoms with Crippen LogP contribution in [-0.4, -0.2) is 58.8 Å². The highest BCUT2D eigenvalue weighted by Crippen LogP contribution is 2.47. The third-order valence-electron chi connectivity index (χ3n) is 6.44. The molecular formula is C25H26N4O10. The van der Waals surface area contributed by atoms with E-state index < -0.39 is 59.4 Å². The van der Waals surface area contributed by atoms with Crippen molar-refractivity contribution in [3.63, 3.8) is 0 Å². The number of rotatable bonds is 13. The van der Waals surface area contributed by atoms with Crippen molar-refractivity contribution in [3.8, 4) is 0 Å². The van der Waals surface area contributed by atoms with Gasteiger partial charge in [-0.2, -0.15) is 0 Å². The van der Waals surface area contributed by atoms with Crippen molar-refractivity contribution < 1.29 is 44.5 Å². The molecule has 0 saturated heterocycles. The Morgan fingerprint density at radius 3 is 2.18 bits per heavy atom. The van der Waals surface area contributed by atoms with Gasteiger partial charge < -0.3 is 30.3 Å². The summed E-state index contributed by atoms with van der Waals surface area (Å²) in [5.74, 6) is -10.5. The van der Waals surface area contributed by atoms with E-state index in [9.17, 15) is 49.7 Å². The van der Waals surface area contributed by atoms with Crippen LogP contribution in [0.5, 0.6) is 0 Å². The monoisotopic (exact) mass is 542 g/mol. The molecule has 206 valence electrons. The lowest BCUT2D eigenvalue weighted by Crippen LogP contribution is -2.37.